The molecular formula is C26H31N5O. The molecule has 0 amide bonds. The predicted molar refractivity (Wildman–Crippen MR) is 130 cm³/mol. The molecule has 0 radical (unpaired) electrons. The zero-order chi connectivity index (χ0) is 22.7. The lowest BCUT2D eigenvalue weighted by Crippen LogP contribution is -2.23. The quantitative estimate of drug-likeness (QED) is 0.399. The van der Waals surface area contributed by atoms with E-state index >= 15 is 0 Å². The number of ether oxygens (including phenoxy) is 1. The second-order valence-corrected chi connectivity index (χ2v) is 8.60. The van der Waals surface area contributed by atoms with Crippen molar-refractivity contribution in [2.45, 2.75) is 26.7 Å². The minimum Gasteiger partial charge on any atom is -0.496 e. The molecule has 4 rings (SSSR count). The summed E-state index contributed by atoms with van der Waals surface area (Å²) in [5.74, 6) is 3.07. The van der Waals surface area contributed by atoms with Crippen molar-refractivity contribution >= 4 is 16.9 Å². The van der Waals surface area contributed by atoms with E-state index in [9.17, 15) is 0 Å². The van der Waals surface area contributed by atoms with E-state index in [1.165, 1.54) is 5.56 Å². The van der Waals surface area contributed by atoms with Crippen LogP contribution in [0.3, 0.4) is 0 Å². The number of fused-ring (bicyclic) bond motifs is 1. The number of para-hydroxylation sites is 1. The Morgan fingerprint density at radius 2 is 1.84 bits per heavy atom. The highest BCUT2D eigenvalue weighted by Crippen LogP contribution is 2.35. The molecule has 6 heteroatoms. The molecule has 0 saturated carbocycles. The first-order chi connectivity index (χ1) is 15.5. The number of hydrogen-bond donors (Lipinski definition) is 1. The van der Waals surface area contributed by atoms with E-state index < -0.39 is 0 Å². The monoisotopic (exact) mass is 429 g/mol. The molecule has 0 fully saturated rings. The van der Waals surface area contributed by atoms with Gasteiger partial charge in [-0.15, -0.1) is 0 Å². The van der Waals surface area contributed by atoms with Gasteiger partial charge in [0.05, 0.1) is 12.8 Å². The van der Waals surface area contributed by atoms with Crippen LogP contribution >= 0.6 is 0 Å². The molecular weight excluding hydrogens is 398 g/mol. The maximum atomic E-state index is 5.57. The lowest BCUT2D eigenvalue weighted by molar-refractivity contribution is 0.338. The van der Waals surface area contributed by atoms with Gasteiger partial charge in [0.1, 0.15) is 23.5 Å². The molecule has 4 aromatic rings. The lowest BCUT2D eigenvalue weighted by atomic mass is 9.80. The number of methoxy groups -OCH3 is 1. The SMILES string of the molecule is COc1ccccc1C(C)[C@H](C)C(C)CNc1cc(-c2cnc3c(ccn3C)c2)ncn1. The average molecular weight is 430 g/mol. The highest BCUT2D eigenvalue weighted by atomic mass is 16.5. The topological polar surface area (TPSA) is 64.9 Å². The first-order valence-corrected chi connectivity index (χ1v) is 11.1. The van der Waals surface area contributed by atoms with Gasteiger partial charge in [0.2, 0.25) is 0 Å². The van der Waals surface area contributed by atoms with Crippen molar-refractivity contribution in [2.75, 3.05) is 19.0 Å². The molecule has 0 aliphatic heterocycles. The van der Waals surface area contributed by atoms with Crippen molar-refractivity contribution in [1.29, 1.82) is 0 Å². The van der Waals surface area contributed by atoms with Crippen molar-refractivity contribution in [2.24, 2.45) is 18.9 Å². The number of nitrogens with one attached hydrogen (secondary N) is 1. The van der Waals surface area contributed by atoms with Gasteiger partial charge < -0.3 is 14.6 Å². The molecule has 2 unspecified atom stereocenters. The highest BCUT2D eigenvalue weighted by molar-refractivity contribution is 5.81. The summed E-state index contributed by atoms with van der Waals surface area (Å²) in [6.07, 6.45) is 5.50. The standard InChI is InChI=1S/C26H31N5O/c1-17(18(2)19(3)22-8-6-7-9-24(22)32-5)14-27-25-13-23(29-16-30-25)21-12-20-10-11-31(4)26(20)28-15-21/h6-13,15-19H,14H2,1-5H3,(H,27,29,30)/t17?,18-,19?/m1/s1. The molecule has 0 spiro atoms. The molecule has 0 bridgehead atoms. The third kappa shape index (κ3) is 4.44. The van der Waals surface area contributed by atoms with Gasteiger partial charge in [-0.1, -0.05) is 39.0 Å². The summed E-state index contributed by atoms with van der Waals surface area (Å²) < 4.78 is 7.58. The summed E-state index contributed by atoms with van der Waals surface area (Å²) in [6, 6.07) is 14.5. The Balaban J connectivity index is 1.44. The second kappa shape index (κ2) is 9.39. The Kier molecular flexibility index (Phi) is 6.40. The van der Waals surface area contributed by atoms with Gasteiger partial charge in [0.15, 0.2) is 0 Å². The normalized spacial score (nSPS) is 14.2. The highest BCUT2D eigenvalue weighted by Gasteiger charge is 2.23. The van der Waals surface area contributed by atoms with Crippen LogP contribution in [0, 0.1) is 11.8 Å². The third-order valence-corrected chi connectivity index (χ3v) is 6.59. The van der Waals surface area contributed by atoms with Crippen molar-refractivity contribution in [3.63, 3.8) is 0 Å². The Morgan fingerprint density at radius 3 is 2.66 bits per heavy atom. The fraction of sp³-hybridized carbons (Fsp3) is 0.346. The van der Waals surface area contributed by atoms with Crippen LogP contribution in [-0.4, -0.2) is 33.2 Å². The Hall–Kier alpha value is -3.41. The van der Waals surface area contributed by atoms with Crippen LogP contribution < -0.4 is 10.1 Å². The zero-order valence-electron chi connectivity index (χ0n) is 19.4. The summed E-state index contributed by atoms with van der Waals surface area (Å²) in [7, 11) is 3.73. The summed E-state index contributed by atoms with van der Waals surface area (Å²) in [5.41, 5.74) is 4.07. The molecule has 3 heterocycles. The number of aryl methyl sites for hydroxylation is 1. The molecule has 0 aliphatic rings. The molecule has 166 valence electrons. The van der Waals surface area contributed by atoms with Gasteiger partial charge >= 0.3 is 0 Å². The maximum absolute atomic E-state index is 5.57. The van der Waals surface area contributed by atoms with E-state index in [0.29, 0.717) is 17.8 Å². The smallest absolute Gasteiger partial charge is 0.139 e. The van der Waals surface area contributed by atoms with Crippen LogP contribution in [0.4, 0.5) is 5.82 Å². The summed E-state index contributed by atoms with van der Waals surface area (Å²) in [4.78, 5) is 13.5. The van der Waals surface area contributed by atoms with Crippen molar-refractivity contribution in [3.8, 4) is 17.0 Å². The molecule has 1 aromatic carbocycles. The van der Waals surface area contributed by atoms with Gasteiger partial charge in [-0.3, -0.25) is 0 Å². The zero-order valence-corrected chi connectivity index (χ0v) is 19.4. The van der Waals surface area contributed by atoms with Crippen molar-refractivity contribution < 1.29 is 4.74 Å². The van der Waals surface area contributed by atoms with Crippen LogP contribution in [0.25, 0.3) is 22.3 Å². The van der Waals surface area contributed by atoms with E-state index in [4.69, 9.17) is 4.74 Å². The van der Waals surface area contributed by atoms with E-state index in [1.807, 2.05) is 42.2 Å². The second-order valence-electron chi connectivity index (χ2n) is 8.60. The van der Waals surface area contributed by atoms with Gasteiger partial charge in [0.25, 0.3) is 0 Å². The maximum Gasteiger partial charge on any atom is 0.139 e. The number of hydrogen-bond acceptors (Lipinski definition) is 5. The van der Waals surface area contributed by atoms with Crippen LogP contribution in [0.15, 0.2) is 61.2 Å². The molecule has 1 N–H and O–H groups in total. The van der Waals surface area contributed by atoms with Crippen LogP contribution in [0.1, 0.15) is 32.3 Å². The predicted octanol–water partition coefficient (Wildman–Crippen LogP) is 5.53. The molecule has 3 aromatic heterocycles. The molecule has 0 aliphatic carbocycles. The first kappa shape index (κ1) is 21.8. The number of aromatic nitrogens is 4. The van der Waals surface area contributed by atoms with Gasteiger partial charge in [-0.05, 0) is 41.5 Å². The first-order valence-electron chi connectivity index (χ1n) is 11.1. The molecule has 6 nitrogen and oxygen atoms in total. The van der Waals surface area contributed by atoms with E-state index in [0.717, 1.165) is 40.4 Å². The van der Waals surface area contributed by atoms with E-state index in [1.54, 1.807) is 13.4 Å². The number of anilines is 1. The Bertz CT molecular complexity index is 1200. The van der Waals surface area contributed by atoms with Crippen LogP contribution in [-0.2, 0) is 7.05 Å². The fourth-order valence-corrected chi connectivity index (χ4v) is 4.18. The number of rotatable bonds is 8. The van der Waals surface area contributed by atoms with Crippen LogP contribution in [0.5, 0.6) is 5.75 Å². The number of nitrogens with zero attached hydrogens (tertiary/aromatic N) is 4. The summed E-state index contributed by atoms with van der Waals surface area (Å²) in [6.45, 7) is 7.68. The van der Waals surface area contributed by atoms with E-state index in [-0.39, 0.29) is 0 Å². The van der Waals surface area contributed by atoms with Gasteiger partial charge in [-0.25, -0.2) is 15.0 Å². The van der Waals surface area contributed by atoms with Gasteiger partial charge in [0, 0.05) is 43.0 Å². The average Bonchev–Trinajstić information content (AvgIpc) is 3.21. The molecule has 3 atom stereocenters. The fourth-order valence-electron chi connectivity index (χ4n) is 4.18. The van der Waals surface area contributed by atoms with Crippen molar-refractivity contribution in [1.82, 2.24) is 19.5 Å². The van der Waals surface area contributed by atoms with Crippen molar-refractivity contribution in [3.05, 3.63) is 66.7 Å². The van der Waals surface area contributed by atoms with Crippen LogP contribution in [0.2, 0.25) is 0 Å². The minimum atomic E-state index is 0.382. The molecule has 0 saturated heterocycles. The van der Waals surface area contributed by atoms with E-state index in [2.05, 4.69) is 65.3 Å². The third-order valence-electron chi connectivity index (χ3n) is 6.59. The Labute approximate surface area is 189 Å². The minimum absolute atomic E-state index is 0.382. The largest absolute Gasteiger partial charge is 0.496 e. The number of benzene rings is 1. The lowest BCUT2D eigenvalue weighted by Gasteiger charge is -2.28. The summed E-state index contributed by atoms with van der Waals surface area (Å²) >= 11 is 0. The number of pyridine rings is 1. The molecule has 32 heavy (non-hydrogen) atoms. The van der Waals surface area contributed by atoms with Gasteiger partial charge in [-0.2, -0.15) is 0 Å². The summed E-state index contributed by atoms with van der Waals surface area (Å²) in [5, 5.41) is 4.61. The Morgan fingerprint density at radius 1 is 1.03 bits per heavy atom.